The van der Waals surface area contributed by atoms with E-state index in [1.165, 1.54) is 27.0 Å². The summed E-state index contributed by atoms with van der Waals surface area (Å²) in [6.07, 6.45) is 0.933. The van der Waals surface area contributed by atoms with Gasteiger partial charge in [0.15, 0.2) is 6.10 Å². The number of hydrogen-bond donors (Lipinski definition) is 1. The van der Waals surface area contributed by atoms with Crippen molar-refractivity contribution in [3.05, 3.63) is 118 Å². The van der Waals surface area contributed by atoms with Gasteiger partial charge in [-0.1, -0.05) is 133 Å². The molecule has 1 aliphatic rings. The minimum atomic E-state index is -1.19. The fourth-order valence-electron chi connectivity index (χ4n) is 7.18. The van der Waals surface area contributed by atoms with Gasteiger partial charge in [0.25, 0.3) is 11.8 Å². The number of hydrogen-bond acceptors (Lipinski definition) is 11. The van der Waals surface area contributed by atoms with Crippen LogP contribution >= 0.6 is 23.4 Å². The molecule has 5 aromatic rings. The number of aryl methyl sites for hydroxylation is 1. The molecule has 0 bridgehead atoms. The molecule has 4 aromatic carbocycles. The van der Waals surface area contributed by atoms with Crippen LogP contribution in [0.1, 0.15) is 121 Å². The van der Waals surface area contributed by atoms with Crippen LogP contribution in [0.25, 0.3) is 0 Å². The van der Waals surface area contributed by atoms with Crippen LogP contribution in [0.15, 0.2) is 95.2 Å². The molecule has 2 heterocycles. The summed E-state index contributed by atoms with van der Waals surface area (Å²) < 4.78 is 20.0. The van der Waals surface area contributed by atoms with Gasteiger partial charge in [0, 0.05) is 27.0 Å². The van der Waals surface area contributed by atoms with Gasteiger partial charge >= 0.3 is 5.97 Å². The van der Waals surface area contributed by atoms with E-state index in [9.17, 15) is 14.4 Å². The molecule has 0 fully saturated rings. The summed E-state index contributed by atoms with van der Waals surface area (Å²) in [5.74, 6) is -0.153. The van der Waals surface area contributed by atoms with E-state index in [4.69, 9.17) is 30.9 Å². The molecule has 0 aliphatic carbocycles. The third-order valence-corrected chi connectivity index (χ3v) is 13.3. The molecule has 1 N–H and O–H groups in total. The summed E-state index contributed by atoms with van der Waals surface area (Å²) in [6, 6.07) is 26.1. The number of benzene rings is 4. The number of amides is 2. The van der Waals surface area contributed by atoms with Crippen molar-refractivity contribution in [3.63, 3.8) is 0 Å². The van der Waals surface area contributed by atoms with E-state index in [1.807, 2.05) is 52.0 Å². The Labute approximate surface area is 391 Å². The molecule has 1 aromatic heterocycles. The number of nitrogens with zero attached hydrogens (tertiary/aromatic N) is 6. The summed E-state index contributed by atoms with van der Waals surface area (Å²) >= 11 is 7.65. The van der Waals surface area contributed by atoms with Crippen LogP contribution in [0, 0.1) is 6.92 Å². The Morgan fingerprint density at radius 3 is 2.31 bits per heavy atom. The second-order valence-electron chi connectivity index (χ2n) is 17.5. The lowest BCUT2D eigenvalue weighted by Gasteiger charge is -2.31. The van der Waals surface area contributed by atoms with E-state index in [1.54, 1.807) is 48.5 Å². The number of esters is 1. The number of nitrogens with one attached hydrogen (secondary N) is 1. The zero-order valence-corrected chi connectivity index (χ0v) is 40.5. The third kappa shape index (κ3) is 11.4. The maximum atomic E-state index is 14.8. The highest BCUT2D eigenvalue weighted by Gasteiger charge is 2.41. The number of carbonyl (C=O) groups excluding carboxylic acids is 3. The van der Waals surface area contributed by atoms with Gasteiger partial charge in [0.05, 0.1) is 18.0 Å². The zero-order valence-electron chi connectivity index (χ0n) is 39.0. The number of rotatable bonds is 20. The molecule has 0 saturated heterocycles. The van der Waals surface area contributed by atoms with Crippen molar-refractivity contribution in [1.29, 1.82) is 0 Å². The smallest absolute Gasteiger partial charge is 0.327 e. The average Bonchev–Trinajstić information content (AvgIpc) is 3.87. The number of anilines is 2. The van der Waals surface area contributed by atoms with Gasteiger partial charge in [0.1, 0.15) is 23.8 Å². The highest BCUT2D eigenvalue weighted by Crippen LogP contribution is 2.42. The van der Waals surface area contributed by atoms with Crippen LogP contribution < -0.4 is 19.8 Å². The molecular weight excluding hydrogens is 862 g/mol. The number of aromatic nitrogens is 4. The Hall–Kier alpha value is -5.73. The van der Waals surface area contributed by atoms with Crippen LogP contribution in [-0.2, 0) is 36.5 Å². The van der Waals surface area contributed by atoms with Gasteiger partial charge in [-0.25, -0.2) is 4.68 Å². The van der Waals surface area contributed by atoms with E-state index in [0.29, 0.717) is 63.8 Å². The summed E-state index contributed by atoms with van der Waals surface area (Å²) in [5, 5.41) is 21.9. The zero-order chi connectivity index (χ0) is 47.1. The van der Waals surface area contributed by atoms with Gasteiger partial charge in [-0.2, -0.15) is 10.1 Å². The predicted octanol–water partition coefficient (Wildman–Crippen LogP) is 10.8. The Kier molecular flexibility index (Phi) is 15.8. The first kappa shape index (κ1) is 48.7. The Balaban J connectivity index is 1.29. The number of para-hydroxylation sites is 2. The van der Waals surface area contributed by atoms with Gasteiger partial charge in [-0.3, -0.25) is 14.4 Å². The van der Waals surface area contributed by atoms with Crippen LogP contribution in [-0.4, -0.2) is 62.5 Å². The number of carbonyl (C=O) groups is 3. The molecule has 15 heteroatoms. The Morgan fingerprint density at radius 2 is 1.62 bits per heavy atom. The lowest BCUT2D eigenvalue weighted by molar-refractivity contribution is -0.144. The van der Waals surface area contributed by atoms with E-state index in [2.05, 4.69) is 74.5 Å². The van der Waals surface area contributed by atoms with Crippen molar-refractivity contribution in [2.24, 2.45) is 5.10 Å². The number of thioether (sulfide) groups is 1. The quantitative estimate of drug-likeness (QED) is 0.0590. The molecule has 344 valence electrons. The first-order valence-electron chi connectivity index (χ1n) is 22.3. The van der Waals surface area contributed by atoms with Crippen LogP contribution in [0.2, 0.25) is 5.02 Å². The molecule has 2 amide bonds. The Bertz CT molecular complexity index is 2520. The van der Waals surface area contributed by atoms with E-state index >= 15 is 0 Å². The molecular formula is C50H60ClN7O6S. The lowest BCUT2D eigenvalue weighted by Crippen LogP contribution is -2.38. The molecule has 0 radical (unpaired) electrons. The van der Waals surface area contributed by atoms with E-state index < -0.39 is 24.1 Å². The molecule has 1 aliphatic heterocycles. The maximum Gasteiger partial charge on any atom is 0.327 e. The second-order valence-corrected chi connectivity index (χ2v) is 19.2. The van der Waals surface area contributed by atoms with Crippen molar-refractivity contribution in [2.45, 2.75) is 135 Å². The van der Waals surface area contributed by atoms with Crippen molar-refractivity contribution < 1.29 is 28.6 Å². The van der Waals surface area contributed by atoms with Crippen molar-refractivity contribution in [2.75, 3.05) is 16.9 Å². The number of hydrazone groups is 1. The molecule has 6 rings (SSSR count). The summed E-state index contributed by atoms with van der Waals surface area (Å²) in [5.41, 5.74) is 5.49. The molecule has 3 atom stereocenters. The fourth-order valence-corrected chi connectivity index (χ4v) is 8.24. The fraction of sp³-hybridized carbons (Fsp3) is 0.420. The second kappa shape index (κ2) is 21.1. The number of ether oxygens (including phenoxy) is 3. The van der Waals surface area contributed by atoms with Crippen molar-refractivity contribution in [1.82, 2.24) is 20.2 Å². The van der Waals surface area contributed by atoms with Crippen molar-refractivity contribution in [3.8, 4) is 11.5 Å². The van der Waals surface area contributed by atoms with E-state index in [0.717, 1.165) is 29.5 Å². The molecule has 65 heavy (non-hydrogen) atoms. The van der Waals surface area contributed by atoms with Crippen molar-refractivity contribution >= 4 is 58.2 Å². The molecule has 0 spiro atoms. The molecule has 13 nitrogen and oxygen atoms in total. The number of tetrazole rings is 1. The highest BCUT2D eigenvalue weighted by molar-refractivity contribution is 7.99. The van der Waals surface area contributed by atoms with Gasteiger partial charge in [-0.05, 0) is 103 Å². The summed E-state index contributed by atoms with van der Waals surface area (Å²) in [7, 11) is 0. The van der Waals surface area contributed by atoms with Gasteiger partial charge in [0.2, 0.25) is 11.3 Å². The minimum absolute atomic E-state index is 0.0244. The SMILES string of the molecule is CCCOC(=O)Cn1nnnc1SC(C)c1cc(C)ccc1OC1C(=O)N(c2ccccc2NC(=O)C(CC)Oc2ccc(C(C)(C)CC)cc2C(C)(C)CC)N=C1c1ccc(Cl)cc1. The standard InChI is InChI=1S/C50H60ClN7O6S/c1-11-27-62-43(59)30-57-48(53-55-56-57)65-32(6)36-28-31(5)19-25-41(36)64-45-44(33-20-23-35(51)24-21-33)54-58(47(45)61)39-18-16-15-17-38(39)52-46(60)40(12-2)63-42-26-22-34(49(7,8)13-3)29-37(42)50(9,10)14-4/h15-26,28-29,32,40,45H,11-14,27,30H2,1-10H3,(H,52,60). The number of halogens is 1. The molecule has 3 unspecified atom stereocenters. The monoisotopic (exact) mass is 921 g/mol. The minimum Gasteiger partial charge on any atom is -0.480 e. The Morgan fingerprint density at radius 1 is 0.908 bits per heavy atom. The lowest BCUT2D eigenvalue weighted by atomic mass is 9.76. The molecule has 0 saturated carbocycles. The van der Waals surface area contributed by atoms with Gasteiger partial charge < -0.3 is 19.5 Å². The summed E-state index contributed by atoms with van der Waals surface area (Å²) in [6.45, 7) is 21.2. The third-order valence-electron chi connectivity index (χ3n) is 12.0. The maximum absolute atomic E-state index is 14.8. The first-order chi connectivity index (χ1) is 31.0. The normalized spacial score (nSPS) is 15.1. The highest BCUT2D eigenvalue weighted by atomic mass is 35.5. The summed E-state index contributed by atoms with van der Waals surface area (Å²) in [4.78, 5) is 41.4. The van der Waals surface area contributed by atoms with Gasteiger partial charge in [-0.15, -0.1) is 5.10 Å². The van der Waals surface area contributed by atoms with Crippen LogP contribution in [0.5, 0.6) is 11.5 Å². The average molecular weight is 923 g/mol. The predicted molar refractivity (Wildman–Crippen MR) is 257 cm³/mol. The largest absolute Gasteiger partial charge is 0.480 e. The van der Waals surface area contributed by atoms with E-state index in [-0.39, 0.29) is 28.5 Å². The first-order valence-corrected chi connectivity index (χ1v) is 23.5. The van der Waals surface area contributed by atoms with Crippen LogP contribution in [0.4, 0.5) is 11.4 Å². The topological polar surface area (TPSA) is 150 Å². The van der Waals surface area contributed by atoms with Crippen LogP contribution in [0.3, 0.4) is 0 Å².